The molecule has 2 amide bonds. The van der Waals surface area contributed by atoms with Crippen molar-refractivity contribution in [2.24, 2.45) is 0 Å². The molecule has 0 spiro atoms. The van der Waals surface area contributed by atoms with Crippen LogP contribution in [0.3, 0.4) is 0 Å². The van der Waals surface area contributed by atoms with Crippen molar-refractivity contribution in [1.29, 1.82) is 0 Å². The monoisotopic (exact) mass is 468 g/mol. The Labute approximate surface area is 204 Å². The smallest absolute Gasteiger partial charge is 0.270 e. The van der Waals surface area contributed by atoms with Gasteiger partial charge in [0.05, 0.1) is 13.2 Å². The van der Waals surface area contributed by atoms with Crippen LogP contribution in [0.5, 0.6) is 5.75 Å². The first kappa shape index (κ1) is 22.7. The van der Waals surface area contributed by atoms with E-state index in [0.29, 0.717) is 30.9 Å². The number of aromatic nitrogens is 2. The highest BCUT2D eigenvalue weighted by molar-refractivity contribution is 5.99. The molecule has 3 heterocycles. The van der Waals surface area contributed by atoms with Gasteiger partial charge in [-0.3, -0.25) is 9.59 Å². The van der Waals surface area contributed by atoms with Crippen molar-refractivity contribution in [1.82, 2.24) is 19.8 Å². The molecule has 1 saturated heterocycles. The van der Waals surface area contributed by atoms with Gasteiger partial charge in [-0.15, -0.1) is 0 Å². The van der Waals surface area contributed by atoms with E-state index in [0.717, 1.165) is 27.8 Å². The molecule has 35 heavy (non-hydrogen) atoms. The molecule has 2 aromatic carbocycles. The highest BCUT2D eigenvalue weighted by Gasteiger charge is 2.35. The van der Waals surface area contributed by atoms with E-state index >= 15 is 0 Å². The van der Waals surface area contributed by atoms with Crippen LogP contribution in [0, 0.1) is 6.92 Å². The predicted octanol–water partition coefficient (Wildman–Crippen LogP) is 3.98. The number of pyridine rings is 1. The number of benzene rings is 2. The van der Waals surface area contributed by atoms with Gasteiger partial charge < -0.3 is 19.5 Å². The highest BCUT2D eigenvalue weighted by atomic mass is 16.5. The molecular weight excluding hydrogens is 440 g/mol. The topological polar surface area (TPSA) is 78.5 Å². The molecule has 2 aromatic heterocycles. The minimum atomic E-state index is -0.187. The normalized spacial score (nSPS) is 16.1. The van der Waals surface area contributed by atoms with Crippen molar-refractivity contribution < 1.29 is 14.3 Å². The minimum absolute atomic E-state index is 0.0376. The molecule has 0 aliphatic carbocycles. The summed E-state index contributed by atoms with van der Waals surface area (Å²) in [5.41, 5.74) is 4.27. The molecule has 1 fully saturated rings. The van der Waals surface area contributed by atoms with Crippen LogP contribution in [-0.2, 0) is 17.8 Å². The SMILES string of the molecule is COc1cccc(CN2C(=O)CN(C(=O)c3cc4cc(C)cnc4[nH]3)C[C@@H]2Cc2ccccc2)c1. The molecule has 1 aliphatic rings. The number of rotatable bonds is 6. The fourth-order valence-electron chi connectivity index (χ4n) is 4.69. The van der Waals surface area contributed by atoms with Crippen LogP contribution in [0.25, 0.3) is 11.0 Å². The van der Waals surface area contributed by atoms with E-state index in [9.17, 15) is 9.59 Å². The number of carbonyl (C=O) groups excluding carboxylic acids is 2. The number of nitrogens with zero attached hydrogens (tertiary/aromatic N) is 3. The minimum Gasteiger partial charge on any atom is -0.497 e. The molecule has 0 saturated carbocycles. The number of ether oxygens (including phenoxy) is 1. The van der Waals surface area contributed by atoms with E-state index in [1.54, 1.807) is 18.2 Å². The third-order valence-corrected chi connectivity index (χ3v) is 6.44. The van der Waals surface area contributed by atoms with Gasteiger partial charge in [0.15, 0.2) is 0 Å². The van der Waals surface area contributed by atoms with Crippen LogP contribution < -0.4 is 4.74 Å². The number of fused-ring (bicyclic) bond motifs is 1. The zero-order valence-electron chi connectivity index (χ0n) is 19.9. The number of hydrogen-bond acceptors (Lipinski definition) is 4. The Morgan fingerprint density at radius 3 is 2.69 bits per heavy atom. The van der Waals surface area contributed by atoms with Crippen LogP contribution in [0.4, 0.5) is 0 Å². The van der Waals surface area contributed by atoms with Crippen molar-refractivity contribution in [3.05, 3.63) is 95.3 Å². The Bertz CT molecular complexity index is 1370. The van der Waals surface area contributed by atoms with Crippen molar-refractivity contribution in [3.8, 4) is 5.75 Å². The van der Waals surface area contributed by atoms with Gasteiger partial charge >= 0.3 is 0 Å². The first-order chi connectivity index (χ1) is 17.0. The van der Waals surface area contributed by atoms with Gasteiger partial charge in [-0.25, -0.2) is 4.98 Å². The molecule has 1 aliphatic heterocycles. The molecule has 7 heteroatoms. The second-order valence-electron chi connectivity index (χ2n) is 9.04. The fraction of sp³-hybridized carbons (Fsp3) is 0.250. The molecule has 5 rings (SSSR count). The second kappa shape index (κ2) is 9.62. The molecule has 0 radical (unpaired) electrons. The number of methoxy groups -OCH3 is 1. The maximum Gasteiger partial charge on any atom is 0.270 e. The van der Waals surface area contributed by atoms with Crippen molar-refractivity contribution in [3.63, 3.8) is 0 Å². The Hall–Kier alpha value is -4.13. The van der Waals surface area contributed by atoms with Crippen molar-refractivity contribution >= 4 is 22.8 Å². The summed E-state index contributed by atoms with van der Waals surface area (Å²) in [6.07, 6.45) is 2.43. The van der Waals surface area contributed by atoms with Gasteiger partial charge in [-0.2, -0.15) is 0 Å². The van der Waals surface area contributed by atoms with E-state index in [1.165, 1.54) is 0 Å². The molecule has 0 bridgehead atoms. The predicted molar refractivity (Wildman–Crippen MR) is 134 cm³/mol. The molecule has 178 valence electrons. The van der Waals surface area contributed by atoms with Crippen LogP contribution in [0.15, 0.2) is 72.9 Å². The van der Waals surface area contributed by atoms with Gasteiger partial charge in [0, 0.05) is 24.7 Å². The number of H-pyrrole nitrogens is 1. The van der Waals surface area contributed by atoms with Crippen LogP contribution in [0.2, 0.25) is 0 Å². The van der Waals surface area contributed by atoms with Gasteiger partial charge in [-0.05, 0) is 54.3 Å². The Morgan fingerprint density at radius 2 is 1.89 bits per heavy atom. The third-order valence-electron chi connectivity index (χ3n) is 6.44. The van der Waals surface area contributed by atoms with E-state index in [1.807, 2.05) is 66.4 Å². The van der Waals surface area contributed by atoms with Gasteiger partial charge in [0.1, 0.15) is 23.6 Å². The Balaban J connectivity index is 1.41. The van der Waals surface area contributed by atoms with Crippen LogP contribution in [-0.4, -0.2) is 57.8 Å². The lowest BCUT2D eigenvalue weighted by Gasteiger charge is -2.41. The first-order valence-corrected chi connectivity index (χ1v) is 11.7. The lowest BCUT2D eigenvalue weighted by molar-refractivity contribution is -0.139. The number of carbonyl (C=O) groups is 2. The first-order valence-electron chi connectivity index (χ1n) is 11.7. The summed E-state index contributed by atoms with van der Waals surface area (Å²) in [5.74, 6) is 0.498. The van der Waals surface area contributed by atoms with E-state index in [2.05, 4.69) is 22.1 Å². The van der Waals surface area contributed by atoms with Crippen LogP contribution >= 0.6 is 0 Å². The number of hydrogen-bond donors (Lipinski definition) is 1. The molecular formula is C28H28N4O3. The average molecular weight is 469 g/mol. The number of aryl methyl sites for hydroxylation is 1. The highest BCUT2D eigenvalue weighted by Crippen LogP contribution is 2.23. The summed E-state index contributed by atoms with van der Waals surface area (Å²) in [7, 11) is 1.63. The lowest BCUT2D eigenvalue weighted by atomic mass is 10.0. The molecule has 7 nitrogen and oxygen atoms in total. The second-order valence-corrected chi connectivity index (χ2v) is 9.04. The maximum atomic E-state index is 13.4. The zero-order valence-corrected chi connectivity index (χ0v) is 19.9. The Kier molecular flexibility index (Phi) is 6.23. The zero-order chi connectivity index (χ0) is 24.4. The van der Waals surface area contributed by atoms with Crippen molar-refractivity contribution in [2.75, 3.05) is 20.2 Å². The van der Waals surface area contributed by atoms with Crippen molar-refractivity contribution in [2.45, 2.75) is 25.9 Å². The standard InChI is InChI=1S/C28H28N4O3/c1-19-11-22-14-25(30-27(22)29-15-19)28(34)31-17-23(12-20-7-4-3-5-8-20)32(26(33)18-31)16-21-9-6-10-24(13-21)35-2/h3-11,13-15,23H,12,16-18H2,1-2H3,(H,29,30)/t23-/m0/s1. The summed E-state index contributed by atoms with van der Waals surface area (Å²) >= 11 is 0. The van der Waals surface area contributed by atoms with E-state index in [-0.39, 0.29) is 24.4 Å². The quantitative estimate of drug-likeness (QED) is 0.464. The summed E-state index contributed by atoms with van der Waals surface area (Å²) < 4.78 is 5.36. The maximum absolute atomic E-state index is 13.4. The summed E-state index contributed by atoms with van der Waals surface area (Å²) in [4.78, 5) is 37.9. The van der Waals surface area contributed by atoms with Gasteiger partial charge in [0.25, 0.3) is 5.91 Å². The lowest BCUT2D eigenvalue weighted by Crippen LogP contribution is -2.58. The average Bonchev–Trinajstić information content (AvgIpc) is 3.29. The number of nitrogens with one attached hydrogen (secondary N) is 1. The molecule has 1 N–H and O–H groups in total. The molecule has 1 atom stereocenters. The largest absolute Gasteiger partial charge is 0.497 e. The van der Waals surface area contributed by atoms with Crippen LogP contribution in [0.1, 0.15) is 27.2 Å². The summed E-state index contributed by atoms with van der Waals surface area (Å²) in [5, 5.41) is 0.886. The fourth-order valence-corrected chi connectivity index (χ4v) is 4.69. The van der Waals surface area contributed by atoms with E-state index < -0.39 is 0 Å². The van der Waals surface area contributed by atoms with Gasteiger partial charge in [0.2, 0.25) is 5.91 Å². The summed E-state index contributed by atoms with van der Waals surface area (Å²) in [6.45, 7) is 2.92. The number of aromatic amines is 1. The summed E-state index contributed by atoms with van der Waals surface area (Å²) in [6, 6.07) is 21.5. The third kappa shape index (κ3) is 4.89. The molecule has 4 aromatic rings. The number of piperazine rings is 1. The number of amides is 2. The van der Waals surface area contributed by atoms with E-state index in [4.69, 9.17) is 4.74 Å². The Morgan fingerprint density at radius 1 is 1.09 bits per heavy atom. The molecule has 0 unspecified atom stereocenters. The van der Waals surface area contributed by atoms with Gasteiger partial charge in [-0.1, -0.05) is 42.5 Å².